The summed E-state index contributed by atoms with van der Waals surface area (Å²) in [6.07, 6.45) is 4.60. The molecule has 0 unspecified atom stereocenters. The van der Waals surface area contributed by atoms with Crippen molar-refractivity contribution in [3.63, 3.8) is 0 Å². The minimum Gasteiger partial charge on any atom is -0.477 e. The Bertz CT molecular complexity index is 1170. The lowest BCUT2D eigenvalue weighted by Crippen LogP contribution is -2.28. The molecule has 1 aromatic carbocycles. The second kappa shape index (κ2) is 8.84. The number of hydrogen-bond donors (Lipinski definition) is 5. The molecule has 1 fully saturated rings. The Morgan fingerprint density at radius 3 is 2.62 bits per heavy atom. The summed E-state index contributed by atoms with van der Waals surface area (Å²) in [5, 5.41) is 17.4. The Labute approximate surface area is 182 Å². The quantitative estimate of drug-likeness (QED) is 0.378. The van der Waals surface area contributed by atoms with E-state index in [1.807, 2.05) is 0 Å². The molecule has 11 heteroatoms. The van der Waals surface area contributed by atoms with Crippen molar-refractivity contribution in [2.45, 2.75) is 25.4 Å². The van der Waals surface area contributed by atoms with Crippen LogP contribution >= 0.6 is 0 Å². The fourth-order valence-corrected chi connectivity index (χ4v) is 2.85. The van der Waals surface area contributed by atoms with Crippen molar-refractivity contribution in [3.8, 4) is 11.4 Å². The molecule has 1 aliphatic rings. The molecule has 0 radical (unpaired) electrons. The number of urea groups is 1. The minimum atomic E-state index is -1.15. The predicted octanol–water partition coefficient (Wildman–Crippen LogP) is 2.85. The Kier molecular flexibility index (Phi) is 5.79. The Balaban J connectivity index is 1.45. The summed E-state index contributed by atoms with van der Waals surface area (Å²) in [6, 6.07) is 7.03. The van der Waals surface area contributed by atoms with Crippen LogP contribution in [0.25, 0.3) is 11.4 Å². The maximum Gasteiger partial charge on any atom is 0.341 e. The summed E-state index contributed by atoms with van der Waals surface area (Å²) >= 11 is 0. The number of carbonyl (C=O) groups is 2. The van der Waals surface area contributed by atoms with Gasteiger partial charge >= 0.3 is 12.0 Å². The van der Waals surface area contributed by atoms with E-state index in [4.69, 9.17) is 5.73 Å². The minimum absolute atomic E-state index is 0.0276. The van der Waals surface area contributed by atoms with Gasteiger partial charge in [0.15, 0.2) is 5.82 Å². The van der Waals surface area contributed by atoms with Gasteiger partial charge in [0.2, 0.25) is 0 Å². The van der Waals surface area contributed by atoms with Gasteiger partial charge < -0.3 is 26.8 Å². The summed E-state index contributed by atoms with van der Waals surface area (Å²) in [5.41, 5.74) is 6.52. The van der Waals surface area contributed by atoms with Crippen molar-refractivity contribution in [1.29, 1.82) is 0 Å². The van der Waals surface area contributed by atoms with E-state index in [-0.39, 0.29) is 35.5 Å². The maximum absolute atomic E-state index is 14.6. The number of carbonyl (C=O) groups excluding carboxylic acids is 1. The molecular weight excluding hydrogens is 417 g/mol. The van der Waals surface area contributed by atoms with E-state index in [2.05, 4.69) is 30.9 Å². The van der Waals surface area contributed by atoms with E-state index in [0.29, 0.717) is 11.4 Å². The fraction of sp³-hybridized carbons (Fsp3) is 0.190. The molecule has 0 saturated heterocycles. The highest BCUT2D eigenvalue weighted by molar-refractivity contribution is 5.93. The number of amides is 2. The van der Waals surface area contributed by atoms with Crippen LogP contribution in [0.2, 0.25) is 0 Å². The van der Waals surface area contributed by atoms with Crippen LogP contribution in [0.1, 0.15) is 28.8 Å². The summed E-state index contributed by atoms with van der Waals surface area (Å²) in [5.74, 6) is -1.09. The number of benzene rings is 1. The third kappa shape index (κ3) is 5.06. The van der Waals surface area contributed by atoms with Gasteiger partial charge in [-0.05, 0) is 42.7 Å². The summed E-state index contributed by atoms with van der Waals surface area (Å²) < 4.78 is 14.6. The Morgan fingerprint density at radius 1 is 1.16 bits per heavy atom. The van der Waals surface area contributed by atoms with Crippen LogP contribution in [0.4, 0.5) is 26.5 Å². The first-order valence-electron chi connectivity index (χ1n) is 9.81. The van der Waals surface area contributed by atoms with E-state index in [9.17, 15) is 19.1 Å². The number of nitrogen functional groups attached to an aromatic ring is 1. The molecular formula is C21H20FN7O3. The summed E-state index contributed by atoms with van der Waals surface area (Å²) in [4.78, 5) is 35.7. The molecule has 6 N–H and O–H groups in total. The van der Waals surface area contributed by atoms with E-state index in [0.717, 1.165) is 18.4 Å². The van der Waals surface area contributed by atoms with Gasteiger partial charge in [-0.1, -0.05) is 6.07 Å². The first-order chi connectivity index (χ1) is 15.4. The zero-order valence-electron chi connectivity index (χ0n) is 16.8. The molecule has 2 aromatic heterocycles. The van der Waals surface area contributed by atoms with Crippen molar-refractivity contribution < 1.29 is 19.1 Å². The number of halogens is 1. The number of rotatable bonds is 7. The van der Waals surface area contributed by atoms with Crippen LogP contribution < -0.4 is 21.7 Å². The van der Waals surface area contributed by atoms with E-state index >= 15 is 0 Å². The first kappa shape index (κ1) is 21.0. The summed E-state index contributed by atoms with van der Waals surface area (Å²) in [7, 11) is 0. The average molecular weight is 437 g/mol. The lowest BCUT2D eigenvalue weighted by atomic mass is 10.1. The van der Waals surface area contributed by atoms with Crippen molar-refractivity contribution in [1.82, 2.24) is 20.3 Å². The molecule has 0 aliphatic heterocycles. The lowest BCUT2D eigenvalue weighted by molar-refractivity contribution is 0.0697. The Morgan fingerprint density at radius 2 is 1.97 bits per heavy atom. The number of nitrogens with zero attached hydrogens (tertiary/aromatic N) is 3. The largest absolute Gasteiger partial charge is 0.477 e. The van der Waals surface area contributed by atoms with Crippen molar-refractivity contribution in [2.75, 3.05) is 16.4 Å². The third-order valence-corrected chi connectivity index (χ3v) is 4.71. The number of pyridine rings is 1. The van der Waals surface area contributed by atoms with Gasteiger partial charge in [-0.2, -0.15) is 0 Å². The molecule has 32 heavy (non-hydrogen) atoms. The van der Waals surface area contributed by atoms with Gasteiger partial charge in [-0.3, -0.25) is 0 Å². The molecule has 3 aromatic rings. The molecule has 0 atom stereocenters. The lowest BCUT2D eigenvalue weighted by Gasteiger charge is -2.11. The van der Waals surface area contributed by atoms with Gasteiger partial charge in [0.1, 0.15) is 23.0 Å². The SMILES string of the molecule is Nc1ccc(CNC(=O)Nc2ccc(-c3ncc(C(=O)O)c(NC4CC4)n3)cc2F)cn1. The van der Waals surface area contributed by atoms with Crippen LogP contribution in [0.15, 0.2) is 42.7 Å². The fourth-order valence-electron chi connectivity index (χ4n) is 2.85. The van der Waals surface area contributed by atoms with Crippen LogP contribution in [-0.2, 0) is 6.54 Å². The molecule has 0 spiro atoms. The monoisotopic (exact) mass is 437 g/mol. The number of aromatic carboxylic acids is 1. The molecule has 2 amide bonds. The van der Waals surface area contributed by atoms with Gasteiger partial charge in [-0.15, -0.1) is 0 Å². The van der Waals surface area contributed by atoms with E-state index in [1.165, 1.54) is 24.5 Å². The molecule has 0 bridgehead atoms. The van der Waals surface area contributed by atoms with Crippen molar-refractivity contribution in [3.05, 3.63) is 59.7 Å². The number of anilines is 3. The van der Waals surface area contributed by atoms with E-state index in [1.54, 1.807) is 18.2 Å². The predicted molar refractivity (Wildman–Crippen MR) is 116 cm³/mol. The van der Waals surface area contributed by atoms with E-state index < -0.39 is 17.8 Å². The number of nitrogens with two attached hydrogens (primary N) is 1. The van der Waals surface area contributed by atoms with Crippen LogP contribution in [0.3, 0.4) is 0 Å². The third-order valence-electron chi connectivity index (χ3n) is 4.71. The molecule has 2 heterocycles. The number of hydrogen-bond acceptors (Lipinski definition) is 7. The zero-order chi connectivity index (χ0) is 22.7. The number of aromatic nitrogens is 3. The van der Waals surface area contributed by atoms with Crippen molar-refractivity contribution in [2.24, 2.45) is 0 Å². The second-order valence-corrected chi connectivity index (χ2v) is 7.27. The highest BCUT2D eigenvalue weighted by Gasteiger charge is 2.25. The number of carboxylic acid groups (broad SMARTS) is 1. The standard InChI is InChI=1S/C21H20FN7O3/c22-15-7-12(18-25-10-14(20(30)31)19(29-18)27-13-3-4-13)2-5-16(15)28-21(32)26-9-11-1-6-17(23)24-8-11/h1-2,5-8,10,13H,3-4,9H2,(H2,23,24)(H,30,31)(H,25,27,29)(H2,26,28,32). The van der Waals surface area contributed by atoms with Gasteiger partial charge in [0, 0.05) is 30.5 Å². The normalized spacial score (nSPS) is 12.8. The van der Waals surface area contributed by atoms with Gasteiger partial charge in [0.25, 0.3) is 0 Å². The van der Waals surface area contributed by atoms with Gasteiger partial charge in [0.05, 0.1) is 5.69 Å². The molecule has 4 rings (SSSR count). The average Bonchev–Trinajstić information content (AvgIpc) is 3.58. The molecule has 10 nitrogen and oxygen atoms in total. The highest BCUT2D eigenvalue weighted by atomic mass is 19.1. The molecule has 1 aliphatic carbocycles. The van der Waals surface area contributed by atoms with Crippen molar-refractivity contribution >= 4 is 29.3 Å². The first-order valence-corrected chi connectivity index (χ1v) is 9.81. The smallest absolute Gasteiger partial charge is 0.341 e. The number of nitrogens with one attached hydrogen (secondary N) is 3. The maximum atomic E-state index is 14.6. The second-order valence-electron chi connectivity index (χ2n) is 7.27. The summed E-state index contributed by atoms with van der Waals surface area (Å²) in [6.45, 7) is 0.194. The van der Waals surface area contributed by atoms with Crippen LogP contribution in [0, 0.1) is 5.82 Å². The van der Waals surface area contributed by atoms with Gasteiger partial charge in [-0.25, -0.2) is 28.9 Å². The van der Waals surface area contributed by atoms with Crippen LogP contribution in [0.5, 0.6) is 0 Å². The Hall–Kier alpha value is -4.28. The topological polar surface area (TPSA) is 155 Å². The molecule has 1 saturated carbocycles. The molecule has 164 valence electrons. The zero-order valence-corrected chi connectivity index (χ0v) is 16.8. The number of carboxylic acids is 1. The highest BCUT2D eigenvalue weighted by Crippen LogP contribution is 2.28. The van der Waals surface area contributed by atoms with Crippen LogP contribution in [-0.4, -0.2) is 38.1 Å².